The normalized spacial score (nSPS) is 20.6. The number of halogens is 1. The van der Waals surface area contributed by atoms with Crippen LogP contribution in [0.4, 0.5) is 10.1 Å². The Balaban J connectivity index is 2.20. The number of piperidine rings is 1. The maximum absolute atomic E-state index is 13.8. The zero-order chi connectivity index (χ0) is 15.5. The van der Waals surface area contributed by atoms with E-state index in [-0.39, 0.29) is 23.2 Å². The third-order valence-electron chi connectivity index (χ3n) is 3.47. The summed E-state index contributed by atoms with van der Waals surface area (Å²) < 4.78 is 45.8. The third kappa shape index (κ3) is 3.72. The lowest BCUT2D eigenvalue weighted by Gasteiger charge is -2.31. The van der Waals surface area contributed by atoms with E-state index in [4.69, 9.17) is 10.5 Å². The van der Waals surface area contributed by atoms with Crippen LogP contribution in [0.3, 0.4) is 0 Å². The van der Waals surface area contributed by atoms with E-state index in [0.717, 1.165) is 18.9 Å². The summed E-state index contributed by atoms with van der Waals surface area (Å²) in [7, 11) is -3.87. The van der Waals surface area contributed by atoms with Crippen LogP contribution in [-0.4, -0.2) is 38.5 Å². The molecule has 1 aliphatic rings. The second kappa shape index (κ2) is 6.72. The van der Waals surface area contributed by atoms with Crippen molar-refractivity contribution in [2.45, 2.75) is 37.2 Å². The topological polar surface area (TPSA) is 72.6 Å². The molecule has 0 aromatic heterocycles. The van der Waals surface area contributed by atoms with E-state index >= 15 is 0 Å². The van der Waals surface area contributed by atoms with Gasteiger partial charge in [0.25, 0.3) is 0 Å². The lowest BCUT2D eigenvalue weighted by molar-refractivity contribution is 0.0193. The van der Waals surface area contributed by atoms with Crippen LogP contribution in [0.15, 0.2) is 23.1 Å². The zero-order valence-corrected chi connectivity index (χ0v) is 12.9. The quantitative estimate of drug-likeness (QED) is 0.843. The van der Waals surface area contributed by atoms with Crippen LogP contribution < -0.4 is 5.73 Å². The van der Waals surface area contributed by atoms with Crippen molar-refractivity contribution in [2.75, 3.05) is 25.4 Å². The molecule has 1 heterocycles. The molecule has 5 nitrogen and oxygen atoms in total. The fourth-order valence-corrected chi connectivity index (χ4v) is 4.01. The minimum absolute atomic E-state index is 0.127. The highest BCUT2D eigenvalue weighted by atomic mass is 32.2. The summed E-state index contributed by atoms with van der Waals surface area (Å²) in [4.78, 5) is -0.362. The molecule has 1 aliphatic heterocycles. The minimum atomic E-state index is -3.87. The summed E-state index contributed by atoms with van der Waals surface area (Å²) in [5, 5.41) is 0. The molecule has 0 aliphatic carbocycles. The molecule has 2 rings (SSSR count). The molecule has 1 saturated heterocycles. The molecule has 21 heavy (non-hydrogen) atoms. The molecule has 2 N–H and O–H groups in total. The van der Waals surface area contributed by atoms with Crippen molar-refractivity contribution in [2.24, 2.45) is 0 Å². The number of benzene rings is 1. The highest BCUT2D eigenvalue weighted by molar-refractivity contribution is 7.89. The van der Waals surface area contributed by atoms with E-state index < -0.39 is 15.8 Å². The maximum atomic E-state index is 13.8. The summed E-state index contributed by atoms with van der Waals surface area (Å²) in [6.45, 7) is 3.24. The van der Waals surface area contributed by atoms with Crippen LogP contribution in [0.25, 0.3) is 0 Å². The van der Waals surface area contributed by atoms with Gasteiger partial charge in [-0.25, -0.2) is 12.8 Å². The van der Waals surface area contributed by atoms with E-state index in [1.165, 1.54) is 16.4 Å². The first-order valence-corrected chi connectivity index (χ1v) is 8.56. The molecule has 1 aromatic carbocycles. The number of nitrogen functional groups attached to an aromatic ring is 1. The molecular formula is C14H21FN2O3S. The Morgan fingerprint density at radius 3 is 2.95 bits per heavy atom. The number of nitrogens with two attached hydrogens (primary N) is 1. The number of nitrogens with zero attached hydrogens (tertiary/aromatic N) is 1. The predicted molar refractivity (Wildman–Crippen MR) is 78.8 cm³/mol. The molecule has 1 atom stereocenters. The summed E-state index contributed by atoms with van der Waals surface area (Å²) in [5.41, 5.74) is 5.80. The zero-order valence-electron chi connectivity index (χ0n) is 12.1. The summed E-state index contributed by atoms with van der Waals surface area (Å²) in [6.07, 6.45) is 2.29. The van der Waals surface area contributed by atoms with Crippen molar-refractivity contribution < 1.29 is 17.5 Å². The molecule has 1 unspecified atom stereocenters. The Kier molecular flexibility index (Phi) is 5.18. The molecule has 0 radical (unpaired) electrons. The molecule has 0 bridgehead atoms. The van der Waals surface area contributed by atoms with Crippen LogP contribution in [0, 0.1) is 5.82 Å². The molecule has 1 aromatic rings. The number of ether oxygens (including phenoxy) is 1. The Morgan fingerprint density at radius 2 is 2.24 bits per heavy atom. The van der Waals surface area contributed by atoms with E-state index in [2.05, 4.69) is 0 Å². The van der Waals surface area contributed by atoms with Gasteiger partial charge in [0.05, 0.1) is 6.10 Å². The average Bonchev–Trinajstić information content (AvgIpc) is 2.48. The smallest absolute Gasteiger partial charge is 0.246 e. The highest BCUT2D eigenvalue weighted by Crippen LogP contribution is 2.25. The van der Waals surface area contributed by atoms with Gasteiger partial charge in [-0.2, -0.15) is 4.31 Å². The van der Waals surface area contributed by atoms with Gasteiger partial charge >= 0.3 is 0 Å². The standard InChI is InChI=1S/C14H21FN2O3S/c1-2-8-20-12-4-3-7-17(10-12)21(18,19)14-9-11(16)5-6-13(14)15/h5-6,9,12H,2-4,7-8,10,16H2,1H3. The fraction of sp³-hybridized carbons (Fsp3) is 0.571. The SMILES string of the molecule is CCCOC1CCCN(S(=O)(=O)c2cc(N)ccc2F)C1. The second-order valence-corrected chi connectivity index (χ2v) is 7.09. The minimum Gasteiger partial charge on any atom is -0.399 e. The van der Waals surface area contributed by atoms with Gasteiger partial charge in [0.15, 0.2) is 0 Å². The number of hydrogen-bond acceptors (Lipinski definition) is 4. The lowest BCUT2D eigenvalue weighted by atomic mass is 10.1. The highest BCUT2D eigenvalue weighted by Gasteiger charge is 2.32. The van der Waals surface area contributed by atoms with Crippen molar-refractivity contribution in [1.29, 1.82) is 0 Å². The maximum Gasteiger partial charge on any atom is 0.246 e. The predicted octanol–water partition coefficient (Wildman–Crippen LogP) is 1.99. The first-order valence-electron chi connectivity index (χ1n) is 7.12. The first-order chi connectivity index (χ1) is 9.95. The van der Waals surface area contributed by atoms with Gasteiger partial charge in [0.1, 0.15) is 10.7 Å². The Labute approximate surface area is 124 Å². The van der Waals surface area contributed by atoms with Crippen molar-refractivity contribution in [1.82, 2.24) is 4.31 Å². The van der Waals surface area contributed by atoms with Crippen LogP contribution >= 0.6 is 0 Å². The van der Waals surface area contributed by atoms with Gasteiger partial charge in [-0.15, -0.1) is 0 Å². The average molecular weight is 316 g/mol. The van der Waals surface area contributed by atoms with Crippen molar-refractivity contribution in [3.8, 4) is 0 Å². The molecule has 0 spiro atoms. The molecule has 7 heteroatoms. The van der Waals surface area contributed by atoms with Crippen LogP contribution in [0.1, 0.15) is 26.2 Å². The van der Waals surface area contributed by atoms with E-state index in [0.29, 0.717) is 19.6 Å². The Morgan fingerprint density at radius 1 is 1.48 bits per heavy atom. The first kappa shape index (κ1) is 16.2. The molecule has 1 fully saturated rings. The monoisotopic (exact) mass is 316 g/mol. The number of anilines is 1. The van der Waals surface area contributed by atoms with Crippen molar-refractivity contribution >= 4 is 15.7 Å². The lowest BCUT2D eigenvalue weighted by Crippen LogP contribution is -2.43. The number of rotatable bonds is 5. The van der Waals surface area contributed by atoms with E-state index in [1.54, 1.807) is 0 Å². The van der Waals surface area contributed by atoms with Gasteiger partial charge in [-0.05, 0) is 37.5 Å². The third-order valence-corrected chi connectivity index (χ3v) is 5.35. The van der Waals surface area contributed by atoms with Gasteiger partial charge in [0, 0.05) is 25.4 Å². The Bertz CT molecular complexity index is 592. The van der Waals surface area contributed by atoms with Crippen molar-refractivity contribution in [3.05, 3.63) is 24.0 Å². The van der Waals surface area contributed by atoms with Gasteiger partial charge in [-0.3, -0.25) is 0 Å². The van der Waals surface area contributed by atoms with E-state index in [9.17, 15) is 12.8 Å². The second-order valence-electron chi connectivity index (χ2n) is 5.19. The number of sulfonamides is 1. The number of hydrogen-bond donors (Lipinski definition) is 1. The Hall–Kier alpha value is -1.18. The fourth-order valence-electron chi connectivity index (χ4n) is 2.40. The molecule has 118 valence electrons. The van der Waals surface area contributed by atoms with Crippen LogP contribution in [0.2, 0.25) is 0 Å². The largest absolute Gasteiger partial charge is 0.399 e. The van der Waals surface area contributed by atoms with Gasteiger partial charge < -0.3 is 10.5 Å². The molecule has 0 amide bonds. The summed E-state index contributed by atoms with van der Waals surface area (Å²) >= 11 is 0. The van der Waals surface area contributed by atoms with Gasteiger partial charge in [-0.1, -0.05) is 6.92 Å². The summed E-state index contributed by atoms with van der Waals surface area (Å²) in [5.74, 6) is -0.777. The molecule has 0 saturated carbocycles. The van der Waals surface area contributed by atoms with Crippen LogP contribution in [0.5, 0.6) is 0 Å². The summed E-state index contributed by atoms with van der Waals surface area (Å²) in [6, 6.07) is 3.59. The molecular weight excluding hydrogens is 295 g/mol. The van der Waals surface area contributed by atoms with E-state index in [1.807, 2.05) is 6.92 Å². The van der Waals surface area contributed by atoms with Gasteiger partial charge in [0.2, 0.25) is 10.0 Å². The van der Waals surface area contributed by atoms with Crippen LogP contribution in [-0.2, 0) is 14.8 Å². The van der Waals surface area contributed by atoms with Crippen molar-refractivity contribution in [3.63, 3.8) is 0 Å².